The Morgan fingerprint density at radius 3 is 3.00 bits per heavy atom. The molecule has 21 heavy (non-hydrogen) atoms. The molecule has 6 nitrogen and oxygen atoms in total. The minimum absolute atomic E-state index is 0.139. The van der Waals surface area contributed by atoms with E-state index in [0.29, 0.717) is 16.1 Å². The second-order valence-electron chi connectivity index (χ2n) is 5.02. The summed E-state index contributed by atoms with van der Waals surface area (Å²) in [6, 6.07) is 4.79. The lowest BCUT2D eigenvalue weighted by atomic mass is 9.97. The maximum absolute atomic E-state index is 11.1. The van der Waals surface area contributed by atoms with Crippen LogP contribution >= 0.6 is 22.6 Å². The Morgan fingerprint density at radius 1 is 1.57 bits per heavy atom. The molecule has 1 aromatic rings. The fourth-order valence-electron chi connectivity index (χ4n) is 2.42. The van der Waals surface area contributed by atoms with Gasteiger partial charge in [0.1, 0.15) is 0 Å². The molecule has 0 bridgehead atoms. The Balaban J connectivity index is 2.04. The number of ether oxygens (including phenoxy) is 1. The summed E-state index contributed by atoms with van der Waals surface area (Å²) in [4.78, 5) is 10.6. The summed E-state index contributed by atoms with van der Waals surface area (Å²) >= 11 is 1.97. The molecule has 0 amide bonds. The maximum atomic E-state index is 11.1. The molecule has 0 saturated carbocycles. The van der Waals surface area contributed by atoms with E-state index in [4.69, 9.17) is 10.00 Å². The van der Waals surface area contributed by atoms with Crippen LogP contribution in [0.15, 0.2) is 12.1 Å². The van der Waals surface area contributed by atoms with Crippen molar-refractivity contribution in [3.8, 4) is 11.8 Å². The van der Waals surface area contributed by atoms with Crippen LogP contribution in [-0.2, 0) is 0 Å². The van der Waals surface area contributed by atoms with Gasteiger partial charge >= 0.3 is 5.69 Å². The van der Waals surface area contributed by atoms with Crippen LogP contribution in [0.3, 0.4) is 0 Å². The summed E-state index contributed by atoms with van der Waals surface area (Å²) in [6.07, 6.45) is 3.21. The standard InChI is InChI=1S/C14H16IN3O3/c15-12-6-11(8-16)7-13(18(19)20)14(12)21-5-3-10-2-1-4-17-9-10/h6-7,10,17H,1-5,9H2. The van der Waals surface area contributed by atoms with E-state index in [1.54, 1.807) is 6.07 Å². The molecule has 7 heteroatoms. The van der Waals surface area contributed by atoms with Crippen molar-refractivity contribution in [2.45, 2.75) is 19.3 Å². The normalized spacial score (nSPS) is 18.0. The van der Waals surface area contributed by atoms with E-state index in [2.05, 4.69) is 5.32 Å². The van der Waals surface area contributed by atoms with Crippen molar-refractivity contribution in [3.05, 3.63) is 31.4 Å². The van der Waals surface area contributed by atoms with Crippen molar-refractivity contribution in [1.82, 2.24) is 5.32 Å². The average Bonchev–Trinajstić information content (AvgIpc) is 2.49. The van der Waals surface area contributed by atoms with Crippen molar-refractivity contribution in [2.75, 3.05) is 19.7 Å². The lowest BCUT2D eigenvalue weighted by Crippen LogP contribution is -2.30. The first kappa shape index (κ1) is 16.0. The Kier molecular flexibility index (Phi) is 5.76. The predicted octanol–water partition coefficient (Wildman–Crippen LogP) is 2.84. The number of nitro benzene ring substituents is 1. The minimum atomic E-state index is -0.500. The van der Waals surface area contributed by atoms with Crippen LogP contribution in [0, 0.1) is 30.9 Å². The first-order chi connectivity index (χ1) is 10.1. The van der Waals surface area contributed by atoms with Crippen LogP contribution < -0.4 is 10.1 Å². The zero-order valence-electron chi connectivity index (χ0n) is 11.5. The average molecular weight is 401 g/mol. The molecule has 1 unspecified atom stereocenters. The fraction of sp³-hybridized carbons (Fsp3) is 0.500. The first-order valence-corrected chi connectivity index (χ1v) is 7.91. The highest BCUT2D eigenvalue weighted by Crippen LogP contribution is 2.34. The monoisotopic (exact) mass is 401 g/mol. The number of hydrogen-bond acceptors (Lipinski definition) is 5. The van der Waals surface area contributed by atoms with Crippen LogP contribution in [0.5, 0.6) is 5.75 Å². The number of nitro groups is 1. The van der Waals surface area contributed by atoms with Gasteiger partial charge in [-0.1, -0.05) is 0 Å². The van der Waals surface area contributed by atoms with Crippen molar-refractivity contribution >= 4 is 28.3 Å². The molecule has 0 aliphatic carbocycles. The summed E-state index contributed by atoms with van der Waals surface area (Å²) in [6.45, 7) is 2.50. The molecule has 1 aliphatic rings. The van der Waals surface area contributed by atoms with Crippen molar-refractivity contribution in [3.63, 3.8) is 0 Å². The van der Waals surface area contributed by atoms with E-state index in [9.17, 15) is 10.1 Å². The Hall–Kier alpha value is -1.40. The SMILES string of the molecule is N#Cc1cc(I)c(OCCC2CCCNC2)c([N+](=O)[O-])c1. The molecule has 1 saturated heterocycles. The lowest BCUT2D eigenvalue weighted by Gasteiger charge is -2.22. The highest BCUT2D eigenvalue weighted by atomic mass is 127. The van der Waals surface area contributed by atoms with Gasteiger partial charge < -0.3 is 10.1 Å². The van der Waals surface area contributed by atoms with E-state index in [1.165, 1.54) is 18.9 Å². The second-order valence-corrected chi connectivity index (χ2v) is 6.19. The highest BCUT2D eigenvalue weighted by molar-refractivity contribution is 14.1. The van der Waals surface area contributed by atoms with Gasteiger partial charge in [0, 0.05) is 6.07 Å². The number of hydrogen-bond donors (Lipinski definition) is 1. The van der Waals surface area contributed by atoms with Crippen molar-refractivity contribution in [2.24, 2.45) is 5.92 Å². The number of halogens is 1. The third-order valence-electron chi connectivity index (χ3n) is 3.52. The molecular formula is C14H16IN3O3. The smallest absolute Gasteiger partial charge is 0.313 e. The number of nitrogens with zero attached hydrogens (tertiary/aromatic N) is 2. The molecule has 1 atom stereocenters. The van der Waals surface area contributed by atoms with Gasteiger partial charge in [0.2, 0.25) is 5.75 Å². The summed E-state index contributed by atoms with van der Waals surface area (Å²) in [7, 11) is 0. The zero-order chi connectivity index (χ0) is 15.2. The molecule has 1 aromatic carbocycles. The Morgan fingerprint density at radius 2 is 2.38 bits per heavy atom. The third-order valence-corrected chi connectivity index (χ3v) is 4.32. The summed E-state index contributed by atoms with van der Waals surface area (Å²) in [5.41, 5.74) is 0.134. The molecule has 112 valence electrons. The van der Waals surface area contributed by atoms with Gasteiger partial charge in [0.05, 0.1) is 26.7 Å². The zero-order valence-corrected chi connectivity index (χ0v) is 13.6. The summed E-state index contributed by atoms with van der Waals surface area (Å²) < 4.78 is 6.24. The number of rotatable bonds is 5. The van der Waals surface area contributed by atoms with Crippen LogP contribution in [0.4, 0.5) is 5.69 Å². The summed E-state index contributed by atoms with van der Waals surface area (Å²) in [5.74, 6) is 0.831. The topological polar surface area (TPSA) is 88.2 Å². The molecule has 1 fully saturated rings. The van der Waals surface area contributed by atoms with Crippen LogP contribution in [0.2, 0.25) is 0 Å². The molecule has 1 N–H and O–H groups in total. The molecule has 1 aliphatic heterocycles. The van der Waals surface area contributed by atoms with Gasteiger partial charge in [-0.3, -0.25) is 10.1 Å². The van der Waals surface area contributed by atoms with Crippen molar-refractivity contribution < 1.29 is 9.66 Å². The van der Waals surface area contributed by atoms with Gasteiger partial charge in [0.15, 0.2) is 0 Å². The minimum Gasteiger partial charge on any atom is -0.486 e. The van der Waals surface area contributed by atoms with Gasteiger partial charge in [-0.25, -0.2) is 0 Å². The molecule has 1 heterocycles. The molecule has 0 radical (unpaired) electrons. The maximum Gasteiger partial charge on any atom is 0.313 e. The number of nitrogens with one attached hydrogen (secondary N) is 1. The van der Waals surface area contributed by atoms with Crippen LogP contribution in [0.1, 0.15) is 24.8 Å². The van der Waals surface area contributed by atoms with E-state index >= 15 is 0 Å². The van der Waals surface area contributed by atoms with Crippen LogP contribution in [-0.4, -0.2) is 24.6 Å². The highest BCUT2D eigenvalue weighted by Gasteiger charge is 2.21. The van der Waals surface area contributed by atoms with Crippen molar-refractivity contribution in [1.29, 1.82) is 5.26 Å². The fourth-order valence-corrected chi connectivity index (χ4v) is 3.19. The van der Waals surface area contributed by atoms with E-state index in [-0.39, 0.29) is 17.0 Å². The lowest BCUT2D eigenvalue weighted by molar-refractivity contribution is -0.386. The van der Waals surface area contributed by atoms with E-state index in [0.717, 1.165) is 19.5 Å². The van der Waals surface area contributed by atoms with Crippen LogP contribution in [0.25, 0.3) is 0 Å². The van der Waals surface area contributed by atoms with Gasteiger partial charge in [-0.2, -0.15) is 5.26 Å². The molecule has 0 spiro atoms. The first-order valence-electron chi connectivity index (χ1n) is 6.83. The number of piperidine rings is 1. The Labute approximate surface area is 136 Å². The van der Waals surface area contributed by atoms with E-state index < -0.39 is 4.92 Å². The largest absolute Gasteiger partial charge is 0.486 e. The quantitative estimate of drug-likeness (QED) is 0.466. The van der Waals surface area contributed by atoms with Gasteiger partial charge in [0.25, 0.3) is 0 Å². The van der Waals surface area contributed by atoms with E-state index in [1.807, 2.05) is 28.7 Å². The molecule has 0 aromatic heterocycles. The third kappa shape index (κ3) is 4.28. The van der Waals surface area contributed by atoms with Gasteiger partial charge in [-0.05, 0) is 66.9 Å². The Bertz CT molecular complexity index is 565. The molecular weight excluding hydrogens is 385 g/mol. The number of benzene rings is 1. The number of nitriles is 1. The molecule has 2 rings (SSSR count). The van der Waals surface area contributed by atoms with Gasteiger partial charge in [-0.15, -0.1) is 0 Å². The summed E-state index contributed by atoms with van der Waals surface area (Å²) in [5, 5.41) is 23.3. The predicted molar refractivity (Wildman–Crippen MR) is 86.2 cm³/mol. The second kappa shape index (κ2) is 7.56.